The van der Waals surface area contributed by atoms with Crippen molar-refractivity contribution >= 4 is 12.4 Å². The lowest BCUT2D eigenvalue weighted by atomic mass is 10.0. The molecule has 3 N–H and O–H groups in total. The smallest absolute Gasteiger partial charge is 0.131 e. The Morgan fingerprint density at radius 2 is 2.20 bits per heavy atom. The first-order chi connectivity index (χ1) is 6.57. The summed E-state index contributed by atoms with van der Waals surface area (Å²) in [5.74, 6) is -0.526. The highest BCUT2D eigenvalue weighted by molar-refractivity contribution is 5.85. The van der Waals surface area contributed by atoms with E-state index in [9.17, 15) is 9.50 Å². The molecule has 0 aliphatic rings. The molecular formula is C11H15ClFNO. The summed E-state index contributed by atoms with van der Waals surface area (Å²) in [6.07, 6.45) is 2.04. The number of rotatable bonds is 3. The molecule has 1 rings (SSSR count). The summed E-state index contributed by atoms with van der Waals surface area (Å²) in [7, 11) is 0. The highest BCUT2D eigenvalue weighted by Gasteiger charge is 2.16. The summed E-state index contributed by atoms with van der Waals surface area (Å²) in [6, 6.07) is 2.30. The van der Waals surface area contributed by atoms with Gasteiger partial charge in [-0.2, -0.15) is 0 Å². The fraction of sp³-hybridized carbons (Fsp3) is 0.273. The molecule has 15 heavy (non-hydrogen) atoms. The number of aryl methyl sites for hydroxylation is 1. The van der Waals surface area contributed by atoms with Crippen LogP contribution in [0.5, 0.6) is 5.75 Å². The van der Waals surface area contributed by atoms with Crippen LogP contribution in [0, 0.1) is 12.7 Å². The molecule has 0 spiro atoms. The number of phenolic OH excluding ortho intramolecular Hbond substituents is 1. The minimum atomic E-state index is -0.535. The Bertz CT molecular complexity index is 355. The van der Waals surface area contributed by atoms with Crippen LogP contribution in [-0.4, -0.2) is 5.11 Å². The molecule has 0 aliphatic carbocycles. The molecule has 84 valence electrons. The SMILES string of the molecule is C=CC[C@H](N)c1c(F)ccc(C)c1O.Cl. The van der Waals surface area contributed by atoms with Crippen LogP contribution in [0.3, 0.4) is 0 Å². The molecule has 0 heterocycles. The maximum Gasteiger partial charge on any atom is 0.131 e. The van der Waals surface area contributed by atoms with Crippen LogP contribution in [0.1, 0.15) is 23.6 Å². The molecule has 0 bridgehead atoms. The molecule has 1 aromatic carbocycles. The standard InChI is InChI=1S/C11H14FNO.ClH/c1-3-4-9(13)10-8(12)6-5-7(2)11(10)14;/h3,5-6,9,14H,1,4,13H2,2H3;1H/t9-;/m0./s1. The van der Waals surface area contributed by atoms with Crippen molar-refractivity contribution in [1.29, 1.82) is 0 Å². The number of hydrogen-bond donors (Lipinski definition) is 2. The number of phenols is 1. The van der Waals surface area contributed by atoms with Gasteiger partial charge < -0.3 is 10.8 Å². The molecule has 0 amide bonds. The van der Waals surface area contributed by atoms with Gasteiger partial charge in [0.2, 0.25) is 0 Å². The fourth-order valence-corrected chi connectivity index (χ4v) is 1.34. The van der Waals surface area contributed by atoms with E-state index in [0.29, 0.717) is 12.0 Å². The lowest BCUT2D eigenvalue weighted by Gasteiger charge is -2.14. The zero-order valence-corrected chi connectivity index (χ0v) is 9.35. The average molecular weight is 232 g/mol. The Hall–Kier alpha value is -1.06. The number of halogens is 2. The van der Waals surface area contributed by atoms with E-state index in [2.05, 4.69) is 6.58 Å². The Balaban J connectivity index is 0.00000196. The van der Waals surface area contributed by atoms with Crippen LogP contribution in [-0.2, 0) is 0 Å². The van der Waals surface area contributed by atoms with Crippen molar-refractivity contribution in [3.63, 3.8) is 0 Å². The minimum absolute atomic E-state index is 0. The van der Waals surface area contributed by atoms with Crippen molar-refractivity contribution in [2.75, 3.05) is 0 Å². The predicted octanol–water partition coefficient (Wildman–Crippen LogP) is 2.84. The van der Waals surface area contributed by atoms with E-state index in [1.54, 1.807) is 13.0 Å². The zero-order chi connectivity index (χ0) is 10.7. The first-order valence-electron chi connectivity index (χ1n) is 4.42. The largest absolute Gasteiger partial charge is 0.507 e. The normalized spacial score (nSPS) is 11.7. The molecule has 0 saturated heterocycles. The molecule has 0 unspecified atom stereocenters. The zero-order valence-electron chi connectivity index (χ0n) is 8.53. The Labute approximate surface area is 95.0 Å². The molecule has 2 nitrogen and oxygen atoms in total. The topological polar surface area (TPSA) is 46.2 Å². The third-order valence-electron chi connectivity index (χ3n) is 2.16. The second kappa shape index (κ2) is 5.73. The summed E-state index contributed by atoms with van der Waals surface area (Å²) in [5.41, 5.74) is 6.50. The maximum absolute atomic E-state index is 13.3. The van der Waals surface area contributed by atoms with Crippen LogP contribution in [0.15, 0.2) is 24.8 Å². The second-order valence-electron chi connectivity index (χ2n) is 3.26. The van der Waals surface area contributed by atoms with Gasteiger partial charge in [0.05, 0.1) is 0 Å². The van der Waals surface area contributed by atoms with E-state index in [0.717, 1.165) is 0 Å². The third-order valence-corrected chi connectivity index (χ3v) is 2.16. The van der Waals surface area contributed by atoms with Crippen molar-refractivity contribution in [1.82, 2.24) is 0 Å². The molecule has 0 aromatic heterocycles. The molecule has 0 saturated carbocycles. The van der Waals surface area contributed by atoms with E-state index >= 15 is 0 Å². The van der Waals surface area contributed by atoms with Gasteiger partial charge in [0.25, 0.3) is 0 Å². The van der Waals surface area contributed by atoms with Gasteiger partial charge >= 0.3 is 0 Å². The molecular weight excluding hydrogens is 217 g/mol. The number of hydrogen-bond acceptors (Lipinski definition) is 2. The van der Waals surface area contributed by atoms with Gasteiger partial charge in [-0.3, -0.25) is 0 Å². The van der Waals surface area contributed by atoms with Gasteiger partial charge in [-0.1, -0.05) is 12.1 Å². The van der Waals surface area contributed by atoms with Crippen LogP contribution < -0.4 is 5.73 Å². The molecule has 0 radical (unpaired) electrons. The van der Waals surface area contributed by atoms with E-state index < -0.39 is 11.9 Å². The molecule has 1 atom stereocenters. The molecule has 1 aromatic rings. The minimum Gasteiger partial charge on any atom is -0.507 e. The van der Waals surface area contributed by atoms with Crippen molar-refractivity contribution < 1.29 is 9.50 Å². The molecule has 0 fully saturated rings. The first kappa shape index (κ1) is 13.9. The van der Waals surface area contributed by atoms with Crippen LogP contribution in [0.4, 0.5) is 4.39 Å². The quantitative estimate of drug-likeness (QED) is 0.786. The van der Waals surface area contributed by atoms with E-state index in [1.165, 1.54) is 12.1 Å². The van der Waals surface area contributed by atoms with Gasteiger partial charge in [-0.25, -0.2) is 4.39 Å². The van der Waals surface area contributed by atoms with Gasteiger partial charge in [-0.05, 0) is 25.0 Å². The van der Waals surface area contributed by atoms with E-state index in [1.807, 2.05) is 0 Å². The van der Waals surface area contributed by atoms with Crippen LogP contribution in [0.25, 0.3) is 0 Å². The first-order valence-corrected chi connectivity index (χ1v) is 4.42. The van der Waals surface area contributed by atoms with Crippen molar-refractivity contribution in [3.05, 3.63) is 41.7 Å². The number of aromatic hydroxyl groups is 1. The summed E-state index contributed by atoms with van der Waals surface area (Å²) in [5, 5.41) is 9.62. The number of nitrogens with two attached hydrogens (primary N) is 1. The average Bonchev–Trinajstić information content (AvgIpc) is 2.13. The van der Waals surface area contributed by atoms with Crippen LogP contribution in [0.2, 0.25) is 0 Å². The van der Waals surface area contributed by atoms with E-state index in [4.69, 9.17) is 5.73 Å². The third kappa shape index (κ3) is 2.94. The molecule has 0 aliphatic heterocycles. The maximum atomic E-state index is 13.3. The highest BCUT2D eigenvalue weighted by atomic mass is 35.5. The second-order valence-corrected chi connectivity index (χ2v) is 3.26. The predicted molar refractivity (Wildman–Crippen MR) is 61.8 cm³/mol. The number of benzene rings is 1. The Morgan fingerprint density at radius 1 is 1.60 bits per heavy atom. The van der Waals surface area contributed by atoms with Gasteiger partial charge in [-0.15, -0.1) is 19.0 Å². The van der Waals surface area contributed by atoms with Gasteiger partial charge in [0.1, 0.15) is 11.6 Å². The summed E-state index contributed by atoms with van der Waals surface area (Å²) >= 11 is 0. The Kier molecular flexibility index (Phi) is 5.33. The van der Waals surface area contributed by atoms with Crippen molar-refractivity contribution in [3.8, 4) is 5.75 Å². The summed E-state index contributed by atoms with van der Waals surface area (Å²) < 4.78 is 13.3. The summed E-state index contributed by atoms with van der Waals surface area (Å²) in [6.45, 7) is 5.23. The summed E-state index contributed by atoms with van der Waals surface area (Å²) in [4.78, 5) is 0. The highest BCUT2D eigenvalue weighted by Crippen LogP contribution is 2.30. The van der Waals surface area contributed by atoms with Crippen LogP contribution >= 0.6 is 12.4 Å². The van der Waals surface area contributed by atoms with Gasteiger partial charge in [0, 0.05) is 11.6 Å². The lowest BCUT2D eigenvalue weighted by molar-refractivity contribution is 0.445. The van der Waals surface area contributed by atoms with Gasteiger partial charge in [0.15, 0.2) is 0 Å². The van der Waals surface area contributed by atoms with E-state index in [-0.39, 0.29) is 23.7 Å². The lowest BCUT2D eigenvalue weighted by Crippen LogP contribution is -2.11. The fourth-order valence-electron chi connectivity index (χ4n) is 1.34. The molecule has 4 heteroatoms. The van der Waals surface area contributed by atoms with Crippen molar-refractivity contribution in [2.45, 2.75) is 19.4 Å². The van der Waals surface area contributed by atoms with Crippen molar-refractivity contribution in [2.24, 2.45) is 5.73 Å². The Morgan fingerprint density at radius 3 is 2.73 bits per heavy atom. The monoisotopic (exact) mass is 231 g/mol.